The Kier molecular flexibility index (Phi) is 20.1. The van der Waals surface area contributed by atoms with Crippen molar-refractivity contribution in [3.8, 4) is 23.0 Å². The largest absolute Gasteiger partial charge is 0.493 e. The fraction of sp³-hybridized carbons (Fsp3) is 0.286. The molecule has 0 radical (unpaired) electrons. The molecule has 18 heteroatoms. The first-order valence-corrected chi connectivity index (χ1v) is 23.3. The van der Waals surface area contributed by atoms with Crippen molar-refractivity contribution in [2.75, 3.05) is 64.4 Å². The number of hydrogen-bond acceptors (Lipinski definition) is 8. The number of carbonyl (C=O) groups is 4. The first-order valence-electron chi connectivity index (χ1n) is 23.3. The highest BCUT2D eigenvalue weighted by Gasteiger charge is 2.37. The van der Waals surface area contributed by atoms with Crippen molar-refractivity contribution < 1.29 is 69.6 Å². The van der Waals surface area contributed by atoms with Crippen molar-refractivity contribution in [3.63, 3.8) is 0 Å². The molecule has 2 unspecified atom stereocenters. The highest BCUT2D eigenvalue weighted by Crippen LogP contribution is 2.36. The maximum absolute atomic E-state index is 14.2. The Morgan fingerprint density at radius 3 is 1.15 bits per heavy atom. The molecule has 12 nitrogen and oxygen atoms in total. The van der Waals surface area contributed by atoms with Gasteiger partial charge in [-0.25, -0.2) is 0 Å². The monoisotopic (exact) mass is 1030 g/mol. The van der Waals surface area contributed by atoms with E-state index in [0.29, 0.717) is 69.7 Å². The minimum atomic E-state index is -4.45. The molecule has 392 valence electrons. The number of nitrogens with zero attached hydrogens (tertiary/aromatic N) is 3. The average Bonchev–Trinajstić information content (AvgIpc) is 3.39. The lowest BCUT2D eigenvalue weighted by molar-refractivity contribution is -0.143. The highest BCUT2D eigenvalue weighted by atomic mass is 19.4. The molecule has 0 bridgehead atoms. The Labute approximate surface area is 425 Å². The minimum Gasteiger partial charge on any atom is -0.493 e. The number of carbonyl (C=O) groups excluding carboxylic acids is 3. The second-order valence-corrected chi connectivity index (χ2v) is 16.5. The predicted molar refractivity (Wildman–Crippen MR) is 268 cm³/mol. The van der Waals surface area contributed by atoms with Crippen LogP contribution in [0.4, 0.5) is 37.7 Å². The molecule has 0 saturated carbocycles. The Morgan fingerprint density at radius 1 is 0.473 bits per heavy atom. The molecule has 0 spiro atoms. The average molecular weight is 1030 g/mol. The Bertz CT molecular complexity index is 2790. The van der Waals surface area contributed by atoms with E-state index in [-0.39, 0.29) is 31.8 Å². The van der Waals surface area contributed by atoms with Gasteiger partial charge in [0, 0.05) is 49.7 Å². The quantitative estimate of drug-likeness (QED) is 0.0586. The molecule has 2 atom stereocenters. The van der Waals surface area contributed by atoms with Crippen LogP contribution in [0, 0.1) is 0 Å². The van der Waals surface area contributed by atoms with Gasteiger partial charge in [-0.15, -0.1) is 0 Å². The van der Waals surface area contributed by atoms with Crippen LogP contribution in [0.1, 0.15) is 59.1 Å². The molecule has 1 N–H and O–H groups in total. The number of benzene rings is 6. The lowest BCUT2D eigenvalue weighted by Gasteiger charge is -2.31. The third-order valence-corrected chi connectivity index (χ3v) is 12.0. The molecular formula is C56H57F6N3O9. The molecule has 0 aliphatic carbocycles. The van der Waals surface area contributed by atoms with Crippen LogP contribution in [-0.2, 0) is 44.4 Å². The van der Waals surface area contributed by atoms with E-state index in [4.69, 9.17) is 18.9 Å². The van der Waals surface area contributed by atoms with Gasteiger partial charge in [-0.1, -0.05) is 84.9 Å². The number of hydrogen-bond donors (Lipinski definition) is 1. The van der Waals surface area contributed by atoms with Crippen LogP contribution in [0.2, 0.25) is 0 Å². The van der Waals surface area contributed by atoms with Gasteiger partial charge >= 0.3 is 18.3 Å². The second-order valence-electron chi connectivity index (χ2n) is 16.5. The Morgan fingerprint density at radius 2 is 0.824 bits per heavy atom. The lowest BCUT2D eigenvalue weighted by atomic mass is 9.95. The van der Waals surface area contributed by atoms with Crippen molar-refractivity contribution in [1.29, 1.82) is 0 Å². The number of anilines is 2. The fourth-order valence-corrected chi connectivity index (χ4v) is 8.02. The summed E-state index contributed by atoms with van der Waals surface area (Å²) in [6, 6.07) is 36.1. The summed E-state index contributed by atoms with van der Waals surface area (Å²) in [7, 11) is 5.87. The summed E-state index contributed by atoms with van der Waals surface area (Å²) in [6.07, 6.45) is -8.43. The first kappa shape index (κ1) is 56.9. The van der Waals surface area contributed by atoms with E-state index in [1.807, 2.05) is 19.9 Å². The molecule has 6 aromatic carbocycles. The minimum absolute atomic E-state index is 0.0241. The molecule has 0 aliphatic rings. The summed E-state index contributed by atoms with van der Waals surface area (Å²) in [6.45, 7) is 4.72. The first-order chi connectivity index (χ1) is 35.3. The second kappa shape index (κ2) is 26.1. The van der Waals surface area contributed by atoms with Gasteiger partial charge in [-0.2, -0.15) is 26.3 Å². The molecule has 0 saturated heterocycles. The molecule has 0 aliphatic heterocycles. The smallest absolute Gasteiger partial charge is 0.416 e. The molecule has 6 rings (SSSR count). The number of aliphatic carboxylic acids is 1. The van der Waals surface area contributed by atoms with Crippen LogP contribution in [0.15, 0.2) is 146 Å². The number of amides is 3. The van der Waals surface area contributed by atoms with Gasteiger partial charge in [0.25, 0.3) is 0 Å². The number of methoxy groups -OCH3 is 4. The van der Waals surface area contributed by atoms with Crippen LogP contribution in [0.5, 0.6) is 23.0 Å². The summed E-state index contributed by atoms with van der Waals surface area (Å²) >= 11 is 0. The normalized spacial score (nSPS) is 12.0. The van der Waals surface area contributed by atoms with Crippen molar-refractivity contribution in [2.24, 2.45) is 0 Å². The number of alkyl halides is 6. The zero-order valence-electron chi connectivity index (χ0n) is 41.6. The summed E-state index contributed by atoms with van der Waals surface area (Å²) in [5, 5.41) is 9.87. The zero-order valence-corrected chi connectivity index (χ0v) is 41.6. The third kappa shape index (κ3) is 14.6. The van der Waals surface area contributed by atoms with Gasteiger partial charge in [-0.3, -0.25) is 19.2 Å². The van der Waals surface area contributed by atoms with Gasteiger partial charge in [0.05, 0.1) is 39.6 Å². The van der Waals surface area contributed by atoms with Gasteiger partial charge in [-0.05, 0) is 97.5 Å². The predicted octanol–water partition coefficient (Wildman–Crippen LogP) is 11.1. The number of carboxylic acids is 1. The van der Waals surface area contributed by atoms with E-state index in [2.05, 4.69) is 0 Å². The number of likely N-dealkylation sites (N-methyl/N-ethyl adjacent to an activating group) is 1. The number of carboxylic acid groups (broad SMARTS) is 1. The van der Waals surface area contributed by atoms with Gasteiger partial charge in [0.15, 0.2) is 28.9 Å². The fourth-order valence-electron chi connectivity index (χ4n) is 8.02. The maximum Gasteiger partial charge on any atom is 0.416 e. The molecule has 6 aromatic rings. The van der Waals surface area contributed by atoms with Crippen molar-refractivity contribution >= 4 is 35.1 Å². The van der Waals surface area contributed by atoms with Gasteiger partial charge in [0.2, 0.25) is 17.7 Å². The van der Waals surface area contributed by atoms with Gasteiger partial charge in [0.1, 0.15) is 5.92 Å². The van der Waals surface area contributed by atoms with Gasteiger partial charge < -0.3 is 38.8 Å². The summed E-state index contributed by atoms with van der Waals surface area (Å²) in [5.74, 6) is -3.74. The number of ether oxygens (including phenoxy) is 4. The highest BCUT2D eigenvalue weighted by molar-refractivity contribution is 6.12. The van der Waals surface area contributed by atoms with E-state index in [9.17, 15) is 50.6 Å². The van der Waals surface area contributed by atoms with Crippen LogP contribution < -0.4 is 28.7 Å². The molecule has 3 amide bonds. The van der Waals surface area contributed by atoms with E-state index in [1.54, 1.807) is 95.9 Å². The standard InChI is InChI=1S/C30H33F3N2O4.C26H24F3NO5/c1-5-34(6-2)28(36)27(22-10-8-7-9-11-22)29(37)35(24-16-17-25(38-3)26(20-24)39-4)19-18-21-12-14-23(15-13-21)30(31,32)33;1-34-21-13-12-20(16-22(21)35-2)30(15-14-17-8-10-19(11-9-17)26(27,28)29)24(31)23(25(32)33)18-6-4-3-5-7-18/h7-17,20,27H,5-6,18-19H2,1-4H3;3-13,16,23H,14-15H2,1-2H3,(H,32,33). The molecule has 0 aromatic heterocycles. The van der Waals surface area contributed by atoms with E-state index < -0.39 is 53.1 Å². The van der Waals surface area contributed by atoms with Crippen molar-refractivity contribution in [2.45, 2.75) is 50.9 Å². The zero-order chi connectivity index (χ0) is 54.2. The van der Waals surface area contributed by atoms with E-state index in [0.717, 1.165) is 24.3 Å². The third-order valence-electron chi connectivity index (χ3n) is 12.0. The number of rotatable bonds is 20. The summed E-state index contributed by atoms with van der Waals surface area (Å²) < 4.78 is 99.1. The van der Waals surface area contributed by atoms with E-state index in [1.165, 1.54) is 62.5 Å². The van der Waals surface area contributed by atoms with E-state index >= 15 is 0 Å². The van der Waals surface area contributed by atoms with Crippen LogP contribution in [0.3, 0.4) is 0 Å². The van der Waals surface area contributed by atoms with Crippen LogP contribution in [-0.4, -0.2) is 88.3 Å². The Hall–Kier alpha value is -8.02. The summed E-state index contributed by atoms with van der Waals surface area (Å²) in [5.41, 5.74) is 1.36. The van der Waals surface area contributed by atoms with Crippen LogP contribution >= 0.6 is 0 Å². The molecule has 74 heavy (non-hydrogen) atoms. The Balaban J connectivity index is 0.000000276. The summed E-state index contributed by atoms with van der Waals surface area (Å²) in [4.78, 5) is 58.0. The molecule has 0 fully saturated rings. The van der Waals surface area contributed by atoms with Crippen LogP contribution in [0.25, 0.3) is 0 Å². The molecular weight excluding hydrogens is 973 g/mol. The number of halogens is 6. The topological polar surface area (TPSA) is 135 Å². The maximum atomic E-state index is 14.2. The lowest BCUT2D eigenvalue weighted by Crippen LogP contribution is -2.45. The van der Waals surface area contributed by atoms with Crippen molar-refractivity contribution in [1.82, 2.24) is 4.90 Å². The molecule has 0 heterocycles. The SMILES string of the molecule is CCN(CC)C(=O)C(C(=O)N(CCc1ccc(C(F)(F)F)cc1)c1ccc(OC)c(OC)c1)c1ccccc1.COc1ccc(N(CCc2ccc(C(F)(F)F)cc2)C(=O)C(C(=O)O)c2ccccc2)cc1OC. The van der Waals surface area contributed by atoms with Crippen molar-refractivity contribution in [3.05, 3.63) is 179 Å².